The second kappa shape index (κ2) is 4.68. The number of hydrogen-bond acceptors (Lipinski definition) is 2. The number of urea groups is 1. The number of carbonyl (C=O) groups excluding carboxylic acids is 1. The van der Waals surface area contributed by atoms with Crippen LogP contribution in [0.25, 0.3) is 0 Å². The highest BCUT2D eigenvalue weighted by Gasteiger charge is 2.07. The van der Waals surface area contributed by atoms with E-state index < -0.39 is 0 Å². The molecule has 82 valence electrons. The predicted octanol–water partition coefficient (Wildman–Crippen LogP) is 1.53. The van der Waals surface area contributed by atoms with Crippen LogP contribution in [0.2, 0.25) is 0 Å². The number of hydrogen-bond donors (Lipinski definition) is 1. The average Bonchev–Trinajstić information content (AvgIpc) is 2.27. The summed E-state index contributed by atoms with van der Waals surface area (Å²) in [5.74, 6) is 0. The molecule has 0 aliphatic heterocycles. The lowest BCUT2D eigenvalue weighted by molar-refractivity contribution is 0.249. The van der Waals surface area contributed by atoms with Crippen molar-refractivity contribution in [2.45, 2.75) is 0 Å². The highest BCUT2D eigenvalue weighted by Crippen LogP contribution is 2.18. The van der Waals surface area contributed by atoms with Gasteiger partial charge in [-0.25, -0.2) is 4.79 Å². The Labute approximate surface area is 90.5 Å². The van der Waals surface area contributed by atoms with Gasteiger partial charge in [-0.2, -0.15) is 0 Å². The van der Waals surface area contributed by atoms with Crippen LogP contribution in [-0.2, 0) is 0 Å². The molecular weight excluding hydrogens is 190 g/mol. The number of anilines is 2. The molecule has 0 spiro atoms. The molecule has 0 aliphatic rings. The van der Waals surface area contributed by atoms with Crippen molar-refractivity contribution in [3.63, 3.8) is 0 Å². The Balaban J connectivity index is 2.84. The second-order valence-corrected chi connectivity index (χ2v) is 3.52. The topological polar surface area (TPSA) is 35.6 Å². The quantitative estimate of drug-likeness (QED) is 0.798. The standard InChI is InChI=1S/C11H17N3O/c1-12-11(15)14(4)10-7-5-9(6-8-10)13(2)3/h5-8H,1-4H3,(H,12,15). The highest BCUT2D eigenvalue weighted by atomic mass is 16.2. The van der Waals surface area contributed by atoms with E-state index in [2.05, 4.69) is 5.32 Å². The molecule has 1 aromatic carbocycles. The first-order valence-electron chi connectivity index (χ1n) is 4.79. The molecule has 1 rings (SSSR count). The first kappa shape index (κ1) is 11.4. The summed E-state index contributed by atoms with van der Waals surface area (Å²) >= 11 is 0. The fourth-order valence-electron chi connectivity index (χ4n) is 1.26. The zero-order valence-electron chi connectivity index (χ0n) is 9.61. The van der Waals surface area contributed by atoms with Crippen LogP contribution in [0.1, 0.15) is 0 Å². The molecule has 0 atom stereocenters. The molecule has 0 heterocycles. The summed E-state index contributed by atoms with van der Waals surface area (Å²) in [7, 11) is 7.32. The van der Waals surface area contributed by atoms with Crippen molar-refractivity contribution in [3.8, 4) is 0 Å². The van der Waals surface area contributed by atoms with Gasteiger partial charge in [0.1, 0.15) is 0 Å². The normalized spacial score (nSPS) is 9.60. The number of nitrogens with zero attached hydrogens (tertiary/aromatic N) is 2. The van der Waals surface area contributed by atoms with Crippen molar-refractivity contribution in [2.24, 2.45) is 0 Å². The van der Waals surface area contributed by atoms with Crippen LogP contribution in [0.4, 0.5) is 16.2 Å². The first-order valence-corrected chi connectivity index (χ1v) is 4.79. The Morgan fingerprint density at radius 2 is 1.53 bits per heavy atom. The molecule has 15 heavy (non-hydrogen) atoms. The third-order valence-electron chi connectivity index (χ3n) is 2.27. The molecule has 4 nitrogen and oxygen atoms in total. The second-order valence-electron chi connectivity index (χ2n) is 3.52. The van der Waals surface area contributed by atoms with E-state index in [9.17, 15) is 4.79 Å². The van der Waals surface area contributed by atoms with E-state index in [1.807, 2.05) is 43.3 Å². The van der Waals surface area contributed by atoms with Gasteiger partial charge in [0.2, 0.25) is 0 Å². The molecule has 0 unspecified atom stereocenters. The minimum absolute atomic E-state index is 0.118. The Bertz CT molecular complexity index is 332. The molecule has 1 aromatic rings. The van der Waals surface area contributed by atoms with Crippen LogP contribution < -0.4 is 15.1 Å². The Morgan fingerprint density at radius 3 is 1.93 bits per heavy atom. The lowest BCUT2D eigenvalue weighted by Gasteiger charge is -2.18. The molecule has 0 saturated heterocycles. The molecule has 0 fully saturated rings. The van der Waals surface area contributed by atoms with Crippen molar-refractivity contribution in [1.82, 2.24) is 5.32 Å². The third kappa shape index (κ3) is 2.62. The van der Waals surface area contributed by atoms with E-state index in [0.717, 1.165) is 11.4 Å². The number of nitrogens with one attached hydrogen (secondary N) is 1. The third-order valence-corrected chi connectivity index (χ3v) is 2.27. The largest absolute Gasteiger partial charge is 0.378 e. The van der Waals surface area contributed by atoms with Gasteiger partial charge < -0.3 is 10.2 Å². The van der Waals surface area contributed by atoms with Gasteiger partial charge in [0.25, 0.3) is 0 Å². The SMILES string of the molecule is CNC(=O)N(C)c1ccc(N(C)C)cc1. The number of amides is 2. The fourth-order valence-corrected chi connectivity index (χ4v) is 1.26. The van der Waals surface area contributed by atoms with Crippen LogP contribution in [0, 0.1) is 0 Å². The molecule has 1 N–H and O–H groups in total. The van der Waals surface area contributed by atoms with Crippen molar-refractivity contribution >= 4 is 17.4 Å². The van der Waals surface area contributed by atoms with Gasteiger partial charge in [-0.15, -0.1) is 0 Å². The zero-order chi connectivity index (χ0) is 11.4. The monoisotopic (exact) mass is 207 g/mol. The zero-order valence-corrected chi connectivity index (χ0v) is 9.61. The molecule has 0 aromatic heterocycles. The summed E-state index contributed by atoms with van der Waals surface area (Å²) < 4.78 is 0. The minimum Gasteiger partial charge on any atom is -0.378 e. The first-order chi connectivity index (χ1) is 7.06. The number of benzene rings is 1. The van der Waals surface area contributed by atoms with Gasteiger partial charge in [0.05, 0.1) is 0 Å². The number of rotatable bonds is 2. The van der Waals surface area contributed by atoms with Crippen molar-refractivity contribution in [1.29, 1.82) is 0 Å². The van der Waals surface area contributed by atoms with E-state index >= 15 is 0 Å². The maximum Gasteiger partial charge on any atom is 0.321 e. The smallest absolute Gasteiger partial charge is 0.321 e. The van der Waals surface area contributed by atoms with Gasteiger partial charge in [-0.3, -0.25) is 4.90 Å². The maximum absolute atomic E-state index is 11.3. The summed E-state index contributed by atoms with van der Waals surface area (Å²) in [6.45, 7) is 0. The molecule has 4 heteroatoms. The lowest BCUT2D eigenvalue weighted by Crippen LogP contribution is -2.34. The van der Waals surface area contributed by atoms with E-state index in [1.54, 1.807) is 19.0 Å². The molecule has 0 aliphatic carbocycles. The Morgan fingerprint density at radius 1 is 1.07 bits per heavy atom. The fraction of sp³-hybridized carbons (Fsp3) is 0.364. The molecule has 2 amide bonds. The lowest BCUT2D eigenvalue weighted by atomic mass is 10.2. The summed E-state index contributed by atoms with van der Waals surface area (Å²) in [6, 6.07) is 7.69. The maximum atomic E-state index is 11.3. The van der Waals surface area contributed by atoms with Gasteiger partial charge in [-0.1, -0.05) is 0 Å². The van der Waals surface area contributed by atoms with Crippen LogP contribution in [0.5, 0.6) is 0 Å². The van der Waals surface area contributed by atoms with Crippen molar-refractivity contribution in [3.05, 3.63) is 24.3 Å². The van der Waals surface area contributed by atoms with Crippen LogP contribution in [0.15, 0.2) is 24.3 Å². The minimum atomic E-state index is -0.118. The molecule has 0 radical (unpaired) electrons. The van der Waals surface area contributed by atoms with Crippen molar-refractivity contribution in [2.75, 3.05) is 38.0 Å². The summed E-state index contributed by atoms with van der Waals surface area (Å²) in [5, 5.41) is 2.58. The van der Waals surface area contributed by atoms with E-state index in [-0.39, 0.29) is 6.03 Å². The Kier molecular flexibility index (Phi) is 3.55. The van der Waals surface area contributed by atoms with Crippen LogP contribution >= 0.6 is 0 Å². The average molecular weight is 207 g/mol. The summed E-state index contributed by atoms with van der Waals surface area (Å²) in [5.41, 5.74) is 1.99. The van der Waals surface area contributed by atoms with Gasteiger partial charge in [-0.05, 0) is 24.3 Å². The van der Waals surface area contributed by atoms with E-state index in [1.165, 1.54) is 0 Å². The van der Waals surface area contributed by atoms with Gasteiger partial charge >= 0.3 is 6.03 Å². The predicted molar refractivity (Wildman–Crippen MR) is 63.6 cm³/mol. The summed E-state index contributed by atoms with van der Waals surface area (Å²) in [4.78, 5) is 14.9. The van der Waals surface area contributed by atoms with Gasteiger partial charge in [0.15, 0.2) is 0 Å². The summed E-state index contributed by atoms with van der Waals surface area (Å²) in [6.07, 6.45) is 0. The van der Waals surface area contributed by atoms with E-state index in [0.29, 0.717) is 0 Å². The van der Waals surface area contributed by atoms with Crippen LogP contribution in [-0.4, -0.2) is 34.2 Å². The van der Waals surface area contributed by atoms with Crippen molar-refractivity contribution < 1.29 is 4.79 Å². The highest BCUT2D eigenvalue weighted by molar-refractivity contribution is 5.91. The van der Waals surface area contributed by atoms with Crippen LogP contribution in [0.3, 0.4) is 0 Å². The van der Waals surface area contributed by atoms with E-state index in [4.69, 9.17) is 0 Å². The number of carbonyl (C=O) groups is 1. The molecule has 0 bridgehead atoms. The molecular formula is C11H17N3O. The Hall–Kier alpha value is -1.71. The van der Waals surface area contributed by atoms with Gasteiger partial charge in [0, 0.05) is 39.6 Å². The molecule has 0 saturated carbocycles.